The number of rotatable bonds is 7. The number of carbonyl (C=O) groups is 1. The monoisotopic (exact) mass is 466 g/mol. The first kappa shape index (κ1) is 22.0. The van der Waals surface area contributed by atoms with Crippen LogP contribution in [0.15, 0.2) is 70.5 Å². The average molecular weight is 467 g/mol. The first-order valence-corrected chi connectivity index (χ1v) is 10.9. The van der Waals surface area contributed by atoms with Gasteiger partial charge < -0.3 is 14.9 Å². The molecule has 0 saturated carbocycles. The van der Waals surface area contributed by atoms with Gasteiger partial charge >= 0.3 is 5.97 Å². The molecule has 0 amide bonds. The van der Waals surface area contributed by atoms with E-state index in [-0.39, 0.29) is 44.2 Å². The summed E-state index contributed by atoms with van der Waals surface area (Å²) in [6.45, 7) is 0. The van der Waals surface area contributed by atoms with Crippen LogP contribution in [0.1, 0.15) is 12.0 Å². The zero-order valence-corrected chi connectivity index (χ0v) is 17.7. The molecule has 9 heteroatoms. The summed E-state index contributed by atoms with van der Waals surface area (Å²) < 4.78 is 31.4. The van der Waals surface area contributed by atoms with Crippen molar-refractivity contribution in [2.45, 2.75) is 22.6 Å². The highest BCUT2D eigenvalue weighted by Crippen LogP contribution is 2.40. The Labute approximate surface area is 183 Å². The van der Waals surface area contributed by atoms with Gasteiger partial charge in [-0.2, -0.15) is 0 Å². The smallest absolute Gasteiger partial charge is 0.303 e. The fraction of sp³-hybridized carbons (Fsp3) is 0.0952. The summed E-state index contributed by atoms with van der Waals surface area (Å²) in [5.41, 5.74) is 0.623. The number of phenolic OH excluding ortho intramolecular Hbond substituents is 1. The maximum atomic E-state index is 12.8. The number of benzene rings is 3. The van der Waals surface area contributed by atoms with Crippen LogP contribution in [0.3, 0.4) is 0 Å². The van der Waals surface area contributed by atoms with Crippen molar-refractivity contribution in [3.8, 4) is 17.2 Å². The van der Waals surface area contributed by atoms with E-state index in [1.807, 2.05) is 0 Å². The second-order valence-corrected chi connectivity index (χ2v) is 9.06. The highest BCUT2D eigenvalue weighted by atomic mass is 35.5. The van der Waals surface area contributed by atoms with Gasteiger partial charge in [0, 0.05) is 12.5 Å². The predicted octanol–water partition coefficient (Wildman–Crippen LogP) is 5.34. The number of hydrogen-bond donors (Lipinski definition) is 2. The molecule has 2 N–H and O–H groups in total. The van der Waals surface area contributed by atoms with Gasteiger partial charge in [0.15, 0.2) is 5.75 Å². The molecule has 0 unspecified atom stereocenters. The first-order chi connectivity index (χ1) is 14.2. The molecular formula is C21H16Cl2O6S. The number of carboxylic acid groups (broad SMARTS) is 1. The summed E-state index contributed by atoms with van der Waals surface area (Å²) in [7, 11) is -3.98. The van der Waals surface area contributed by atoms with E-state index in [0.717, 1.165) is 0 Å². The Morgan fingerprint density at radius 2 is 1.60 bits per heavy atom. The van der Waals surface area contributed by atoms with Gasteiger partial charge in [0.25, 0.3) is 0 Å². The van der Waals surface area contributed by atoms with Crippen LogP contribution in [0.4, 0.5) is 0 Å². The Balaban J connectivity index is 1.94. The zero-order chi connectivity index (χ0) is 21.9. The largest absolute Gasteiger partial charge is 0.507 e. The third-order valence-electron chi connectivity index (χ3n) is 4.18. The number of carboxylic acids is 1. The van der Waals surface area contributed by atoms with Gasteiger partial charge in [0.1, 0.15) is 16.4 Å². The molecule has 0 spiro atoms. The molecule has 0 heterocycles. The molecule has 3 aromatic carbocycles. The third-order valence-corrected chi connectivity index (χ3v) is 6.54. The Hall–Kier alpha value is -2.74. The van der Waals surface area contributed by atoms with Crippen molar-refractivity contribution in [2.24, 2.45) is 0 Å². The van der Waals surface area contributed by atoms with Gasteiger partial charge in [-0.3, -0.25) is 4.79 Å². The molecule has 3 rings (SSSR count). The van der Waals surface area contributed by atoms with Gasteiger partial charge in [-0.05, 0) is 48.4 Å². The topological polar surface area (TPSA) is 101 Å². The molecule has 0 saturated heterocycles. The molecular weight excluding hydrogens is 451 g/mol. The van der Waals surface area contributed by atoms with E-state index in [9.17, 15) is 18.3 Å². The molecule has 0 radical (unpaired) electrons. The van der Waals surface area contributed by atoms with Crippen LogP contribution in [0.25, 0.3) is 0 Å². The summed E-state index contributed by atoms with van der Waals surface area (Å²) >= 11 is 12.5. The molecule has 0 aliphatic rings. The quantitative estimate of drug-likeness (QED) is 0.487. The minimum Gasteiger partial charge on any atom is -0.507 e. The Bertz CT molecular complexity index is 1170. The van der Waals surface area contributed by atoms with Crippen molar-refractivity contribution in [1.82, 2.24) is 0 Å². The molecule has 3 aromatic rings. The molecule has 156 valence electrons. The van der Waals surface area contributed by atoms with E-state index in [1.165, 1.54) is 42.5 Å². The number of sulfone groups is 1. The van der Waals surface area contributed by atoms with Crippen molar-refractivity contribution in [3.05, 3.63) is 76.3 Å². The summed E-state index contributed by atoms with van der Waals surface area (Å²) in [6.07, 6.45) is 0.166. The predicted molar refractivity (Wildman–Crippen MR) is 112 cm³/mol. The van der Waals surface area contributed by atoms with Crippen molar-refractivity contribution < 1.29 is 28.2 Å². The molecule has 30 heavy (non-hydrogen) atoms. The van der Waals surface area contributed by atoms with E-state index in [1.54, 1.807) is 18.2 Å². The number of aromatic hydroxyl groups is 1. The van der Waals surface area contributed by atoms with Crippen molar-refractivity contribution in [3.63, 3.8) is 0 Å². The number of ether oxygens (including phenoxy) is 1. The van der Waals surface area contributed by atoms with E-state index < -0.39 is 21.6 Å². The molecule has 0 fully saturated rings. The number of halogens is 2. The normalized spacial score (nSPS) is 11.3. The lowest BCUT2D eigenvalue weighted by Gasteiger charge is -2.13. The molecule has 0 aliphatic carbocycles. The van der Waals surface area contributed by atoms with Crippen LogP contribution < -0.4 is 4.74 Å². The van der Waals surface area contributed by atoms with E-state index >= 15 is 0 Å². The number of phenols is 1. The number of aliphatic carboxylic acids is 1. The van der Waals surface area contributed by atoms with Gasteiger partial charge in [0.2, 0.25) is 9.84 Å². The maximum absolute atomic E-state index is 12.8. The minimum absolute atomic E-state index is 0.0244. The van der Waals surface area contributed by atoms with Crippen LogP contribution in [0, 0.1) is 0 Å². The highest BCUT2D eigenvalue weighted by Gasteiger charge is 2.23. The van der Waals surface area contributed by atoms with E-state index in [0.29, 0.717) is 5.56 Å². The summed E-state index contributed by atoms with van der Waals surface area (Å²) in [6, 6.07) is 14.5. The fourth-order valence-corrected chi connectivity index (χ4v) is 4.72. The first-order valence-electron chi connectivity index (χ1n) is 8.69. The van der Waals surface area contributed by atoms with Crippen LogP contribution in [0.5, 0.6) is 17.2 Å². The standard InChI is InChI=1S/C21H16Cl2O6S/c22-16-10-13(6-9-20(25)26)11-17(23)21(16)29-14-7-8-18(24)19(12-14)30(27,28)15-4-2-1-3-5-15/h1-5,7-8,10-12,24H,6,9H2,(H,25,26). The lowest BCUT2D eigenvalue weighted by Crippen LogP contribution is -2.02. The number of aryl methyl sites for hydroxylation is 1. The maximum Gasteiger partial charge on any atom is 0.303 e. The van der Waals surface area contributed by atoms with Crippen molar-refractivity contribution in [2.75, 3.05) is 0 Å². The molecule has 6 nitrogen and oxygen atoms in total. The number of hydrogen-bond acceptors (Lipinski definition) is 5. The van der Waals surface area contributed by atoms with Crippen LogP contribution in [0.2, 0.25) is 10.0 Å². The van der Waals surface area contributed by atoms with Crippen LogP contribution in [-0.2, 0) is 21.1 Å². The van der Waals surface area contributed by atoms with Gasteiger partial charge in [0.05, 0.1) is 14.9 Å². The van der Waals surface area contributed by atoms with Gasteiger partial charge in [-0.25, -0.2) is 8.42 Å². The summed E-state index contributed by atoms with van der Waals surface area (Å²) in [5.74, 6) is -1.18. The Morgan fingerprint density at radius 1 is 0.967 bits per heavy atom. The summed E-state index contributed by atoms with van der Waals surface area (Å²) in [4.78, 5) is 10.4. The average Bonchev–Trinajstić information content (AvgIpc) is 2.71. The summed E-state index contributed by atoms with van der Waals surface area (Å²) in [5, 5.41) is 19.2. The zero-order valence-electron chi connectivity index (χ0n) is 15.4. The van der Waals surface area contributed by atoms with Crippen molar-refractivity contribution >= 4 is 39.0 Å². The van der Waals surface area contributed by atoms with Gasteiger partial charge in [-0.15, -0.1) is 0 Å². The van der Waals surface area contributed by atoms with E-state index in [4.69, 9.17) is 33.0 Å². The molecule has 0 bridgehead atoms. The van der Waals surface area contributed by atoms with Crippen LogP contribution in [-0.4, -0.2) is 24.6 Å². The third kappa shape index (κ3) is 4.87. The van der Waals surface area contributed by atoms with Crippen molar-refractivity contribution in [1.29, 1.82) is 0 Å². The fourth-order valence-electron chi connectivity index (χ4n) is 2.72. The molecule has 0 aromatic heterocycles. The van der Waals surface area contributed by atoms with Crippen LogP contribution >= 0.6 is 23.2 Å². The molecule has 0 aliphatic heterocycles. The minimum atomic E-state index is -3.98. The Morgan fingerprint density at radius 3 is 2.20 bits per heavy atom. The lowest BCUT2D eigenvalue weighted by atomic mass is 10.1. The van der Waals surface area contributed by atoms with Gasteiger partial charge in [-0.1, -0.05) is 41.4 Å². The second kappa shape index (κ2) is 8.95. The SMILES string of the molecule is O=C(O)CCc1cc(Cl)c(Oc2ccc(O)c(S(=O)(=O)c3ccccc3)c2)c(Cl)c1. The second-order valence-electron chi connectivity index (χ2n) is 6.33. The van der Waals surface area contributed by atoms with E-state index in [2.05, 4.69) is 0 Å². The molecule has 0 atom stereocenters. The highest BCUT2D eigenvalue weighted by molar-refractivity contribution is 7.91. The Kier molecular flexibility index (Phi) is 6.55. The lowest BCUT2D eigenvalue weighted by molar-refractivity contribution is -0.136.